The van der Waals surface area contributed by atoms with E-state index in [1.807, 2.05) is 0 Å². The van der Waals surface area contributed by atoms with E-state index in [2.05, 4.69) is 21.0 Å². The molecule has 56 valence electrons. The van der Waals surface area contributed by atoms with Crippen LogP contribution < -0.4 is 0 Å². The number of nitrogens with zero attached hydrogens (tertiary/aromatic N) is 2. The first kappa shape index (κ1) is 7.90. The van der Waals surface area contributed by atoms with Gasteiger partial charge in [-0.05, 0) is 15.9 Å². The van der Waals surface area contributed by atoms with Gasteiger partial charge in [-0.15, -0.1) is 0 Å². The normalized spacial score (nSPS) is 13.5. The van der Waals surface area contributed by atoms with Crippen molar-refractivity contribution in [3.8, 4) is 0 Å². The third kappa shape index (κ3) is 1.28. The smallest absolute Gasteiger partial charge is 0.206 e. The predicted molar refractivity (Wildman–Crippen MR) is 39.9 cm³/mol. The maximum atomic E-state index is 10.5. The molecule has 0 aliphatic heterocycles. The zero-order chi connectivity index (χ0) is 7.72. The maximum Gasteiger partial charge on any atom is 0.206 e. The van der Waals surface area contributed by atoms with Crippen molar-refractivity contribution >= 4 is 27.0 Å². The minimum atomic E-state index is -1.97. The molecular formula is C4H5BrN2O2S. The van der Waals surface area contributed by atoms with Gasteiger partial charge < -0.3 is 4.55 Å². The number of hydrogen-bond donors (Lipinski definition) is 1. The van der Waals surface area contributed by atoms with E-state index in [0.717, 1.165) is 0 Å². The second kappa shape index (κ2) is 2.81. The Bertz CT molecular complexity index is 253. The number of rotatable bonds is 1. The molecule has 1 aromatic rings. The average molecular weight is 225 g/mol. The third-order valence-electron chi connectivity index (χ3n) is 1.01. The predicted octanol–water partition coefficient (Wildman–Crippen LogP) is 0.763. The zero-order valence-corrected chi connectivity index (χ0v) is 7.52. The molecule has 1 rings (SSSR count). The van der Waals surface area contributed by atoms with Crippen LogP contribution >= 0.6 is 15.9 Å². The van der Waals surface area contributed by atoms with Crippen molar-refractivity contribution < 1.29 is 8.76 Å². The van der Waals surface area contributed by atoms with Crippen LogP contribution in [0.5, 0.6) is 0 Å². The second-order valence-electron chi connectivity index (χ2n) is 1.67. The van der Waals surface area contributed by atoms with Crippen LogP contribution in [0.2, 0.25) is 0 Å². The highest BCUT2D eigenvalue weighted by molar-refractivity contribution is 9.10. The van der Waals surface area contributed by atoms with Crippen molar-refractivity contribution in [3.05, 3.63) is 10.7 Å². The molecule has 1 aromatic heterocycles. The number of aryl methyl sites for hydroxylation is 1. The molecule has 1 N–H and O–H groups in total. The first-order chi connectivity index (χ1) is 4.63. The summed E-state index contributed by atoms with van der Waals surface area (Å²) in [4.78, 5) is 0. The topological polar surface area (TPSA) is 55.1 Å². The van der Waals surface area contributed by atoms with E-state index in [0.29, 0.717) is 4.47 Å². The molecule has 1 heterocycles. The van der Waals surface area contributed by atoms with Crippen LogP contribution in [-0.2, 0) is 18.1 Å². The molecule has 0 spiro atoms. The Balaban J connectivity index is 3.23. The number of aromatic nitrogens is 2. The summed E-state index contributed by atoms with van der Waals surface area (Å²) in [5.74, 6) is 0. The summed E-state index contributed by atoms with van der Waals surface area (Å²) >= 11 is 1.11. The second-order valence-corrected chi connectivity index (χ2v) is 3.41. The third-order valence-corrected chi connectivity index (χ3v) is 2.67. The molecule has 0 saturated heterocycles. The van der Waals surface area contributed by atoms with Crippen LogP contribution in [-0.4, -0.2) is 18.5 Å². The van der Waals surface area contributed by atoms with E-state index in [-0.39, 0.29) is 5.03 Å². The van der Waals surface area contributed by atoms with E-state index in [1.54, 1.807) is 7.05 Å². The van der Waals surface area contributed by atoms with Crippen molar-refractivity contribution in [1.82, 2.24) is 9.78 Å². The summed E-state index contributed by atoms with van der Waals surface area (Å²) in [6, 6.07) is 0. The average Bonchev–Trinajstić information content (AvgIpc) is 2.11. The van der Waals surface area contributed by atoms with E-state index in [1.165, 1.54) is 10.9 Å². The fourth-order valence-corrected chi connectivity index (χ4v) is 1.85. The number of halogens is 1. The van der Waals surface area contributed by atoms with Gasteiger partial charge in [0.1, 0.15) is 0 Å². The van der Waals surface area contributed by atoms with Crippen molar-refractivity contribution in [3.63, 3.8) is 0 Å². The molecular weight excluding hydrogens is 220 g/mol. The van der Waals surface area contributed by atoms with E-state index in [9.17, 15) is 4.21 Å². The van der Waals surface area contributed by atoms with Crippen molar-refractivity contribution in [2.24, 2.45) is 7.05 Å². The van der Waals surface area contributed by atoms with Gasteiger partial charge in [0.25, 0.3) is 0 Å². The van der Waals surface area contributed by atoms with Crippen LogP contribution in [0.1, 0.15) is 0 Å². The first-order valence-corrected chi connectivity index (χ1v) is 4.31. The van der Waals surface area contributed by atoms with Gasteiger partial charge in [0.15, 0.2) is 5.03 Å². The Hall–Kier alpha value is -0.200. The highest BCUT2D eigenvalue weighted by atomic mass is 79.9. The summed E-state index contributed by atoms with van der Waals surface area (Å²) in [5, 5.41) is 4.03. The molecule has 10 heavy (non-hydrogen) atoms. The highest BCUT2D eigenvalue weighted by Gasteiger charge is 2.10. The van der Waals surface area contributed by atoms with Gasteiger partial charge in [0.05, 0.1) is 10.7 Å². The highest BCUT2D eigenvalue weighted by Crippen LogP contribution is 2.17. The molecule has 0 aromatic carbocycles. The zero-order valence-electron chi connectivity index (χ0n) is 5.11. The molecule has 6 heteroatoms. The van der Waals surface area contributed by atoms with Crippen molar-refractivity contribution in [2.45, 2.75) is 5.03 Å². The molecule has 4 nitrogen and oxygen atoms in total. The largest absolute Gasteiger partial charge is 0.301 e. The first-order valence-electron chi connectivity index (χ1n) is 2.41. The lowest BCUT2D eigenvalue weighted by Crippen LogP contribution is -1.99. The molecule has 0 aliphatic carbocycles. The lowest BCUT2D eigenvalue weighted by atomic mass is 10.7. The minimum absolute atomic E-state index is 0.278. The summed E-state index contributed by atoms with van der Waals surface area (Å²) in [5.41, 5.74) is 0. The maximum absolute atomic E-state index is 10.5. The monoisotopic (exact) mass is 224 g/mol. The lowest BCUT2D eigenvalue weighted by Gasteiger charge is -1.93. The Morgan fingerprint density at radius 2 is 2.50 bits per heavy atom. The standard InChI is InChI=1S/C4H5BrN2O2S/c1-7-4(10(8)9)3(5)2-6-7/h2H,1H3,(H,8,9). The fraction of sp³-hybridized carbons (Fsp3) is 0.250. The Morgan fingerprint density at radius 1 is 1.90 bits per heavy atom. The molecule has 1 unspecified atom stereocenters. The molecule has 1 atom stereocenters. The Kier molecular flexibility index (Phi) is 2.22. The van der Waals surface area contributed by atoms with Crippen LogP contribution in [0, 0.1) is 0 Å². The molecule has 0 bridgehead atoms. The molecule has 0 aliphatic rings. The summed E-state index contributed by atoms with van der Waals surface area (Å²) in [6.07, 6.45) is 1.48. The SMILES string of the molecule is Cn1ncc(Br)c1S(=O)O. The Labute approximate surface area is 68.6 Å². The molecule has 0 radical (unpaired) electrons. The van der Waals surface area contributed by atoms with E-state index in [4.69, 9.17) is 4.55 Å². The van der Waals surface area contributed by atoms with Crippen LogP contribution in [0.15, 0.2) is 15.7 Å². The van der Waals surface area contributed by atoms with Gasteiger partial charge in [0.2, 0.25) is 11.1 Å². The lowest BCUT2D eigenvalue weighted by molar-refractivity contribution is 0.546. The van der Waals surface area contributed by atoms with Gasteiger partial charge in [-0.2, -0.15) is 5.10 Å². The van der Waals surface area contributed by atoms with Gasteiger partial charge in [-0.25, -0.2) is 4.21 Å². The molecule has 0 fully saturated rings. The van der Waals surface area contributed by atoms with Crippen LogP contribution in [0.4, 0.5) is 0 Å². The van der Waals surface area contributed by atoms with Gasteiger partial charge in [-0.1, -0.05) is 0 Å². The molecule has 0 amide bonds. The molecule has 0 saturated carbocycles. The summed E-state index contributed by atoms with van der Waals surface area (Å²) < 4.78 is 21.1. The fourth-order valence-electron chi connectivity index (χ4n) is 0.596. The minimum Gasteiger partial charge on any atom is -0.301 e. The van der Waals surface area contributed by atoms with Crippen LogP contribution in [0.3, 0.4) is 0 Å². The van der Waals surface area contributed by atoms with Crippen molar-refractivity contribution in [2.75, 3.05) is 0 Å². The van der Waals surface area contributed by atoms with E-state index >= 15 is 0 Å². The quantitative estimate of drug-likeness (QED) is 0.718. The van der Waals surface area contributed by atoms with Gasteiger partial charge in [-0.3, -0.25) is 4.68 Å². The van der Waals surface area contributed by atoms with Gasteiger partial charge >= 0.3 is 0 Å². The Morgan fingerprint density at radius 3 is 2.70 bits per heavy atom. The van der Waals surface area contributed by atoms with Crippen LogP contribution in [0.25, 0.3) is 0 Å². The van der Waals surface area contributed by atoms with Crippen molar-refractivity contribution in [1.29, 1.82) is 0 Å². The summed E-state index contributed by atoms with van der Waals surface area (Å²) in [6.45, 7) is 0. The van der Waals surface area contributed by atoms with E-state index < -0.39 is 11.1 Å². The number of hydrogen-bond acceptors (Lipinski definition) is 2. The summed E-state index contributed by atoms with van der Waals surface area (Å²) in [7, 11) is 1.61. The van der Waals surface area contributed by atoms with Gasteiger partial charge in [0, 0.05) is 7.05 Å².